The lowest BCUT2D eigenvalue weighted by Gasteiger charge is -2.27. The molecule has 0 aromatic carbocycles. The van der Waals surface area contributed by atoms with Crippen molar-refractivity contribution in [1.29, 1.82) is 0 Å². The first-order valence-electron chi connectivity index (χ1n) is 5.05. The molecule has 14 heavy (non-hydrogen) atoms. The van der Waals surface area contributed by atoms with Crippen LogP contribution in [0.5, 0.6) is 0 Å². The summed E-state index contributed by atoms with van der Waals surface area (Å²) in [6.45, 7) is 0. The van der Waals surface area contributed by atoms with Gasteiger partial charge in [-0.2, -0.15) is 0 Å². The summed E-state index contributed by atoms with van der Waals surface area (Å²) in [6.07, 6.45) is 6.09. The summed E-state index contributed by atoms with van der Waals surface area (Å²) in [6, 6.07) is 3.81. The molecule has 1 unspecified atom stereocenters. The summed E-state index contributed by atoms with van der Waals surface area (Å²) in [5, 5.41) is 9.87. The second kappa shape index (κ2) is 4.41. The number of nitrogens with zero attached hydrogens (tertiary/aromatic N) is 1. The van der Waals surface area contributed by atoms with Crippen molar-refractivity contribution in [3.05, 3.63) is 28.5 Å². The summed E-state index contributed by atoms with van der Waals surface area (Å²) in [5.74, 6) is 0.718. The van der Waals surface area contributed by atoms with E-state index in [0.717, 1.165) is 22.5 Å². The number of halogens is 1. The Hall–Kier alpha value is -0.410. The zero-order valence-electron chi connectivity index (χ0n) is 7.99. The van der Waals surface area contributed by atoms with Crippen molar-refractivity contribution >= 4 is 15.9 Å². The molecule has 1 heterocycles. The first kappa shape index (κ1) is 10.1. The number of hydrogen-bond donors (Lipinski definition) is 1. The minimum atomic E-state index is -0.381. The van der Waals surface area contributed by atoms with Gasteiger partial charge in [-0.3, -0.25) is 4.98 Å². The molecule has 1 atom stereocenters. The van der Waals surface area contributed by atoms with E-state index in [0.29, 0.717) is 0 Å². The van der Waals surface area contributed by atoms with Crippen molar-refractivity contribution in [3.63, 3.8) is 0 Å². The van der Waals surface area contributed by atoms with E-state index in [1.165, 1.54) is 19.3 Å². The SMILES string of the molecule is OC(CC1CCC1)c1ccc(Br)cn1. The second-order valence-corrected chi connectivity index (χ2v) is 4.87. The Morgan fingerprint density at radius 2 is 2.29 bits per heavy atom. The van der Waals surface area contributed by atoms with Crippen molar-refractivity contribution < 1.29 is 5.11 Å². The van der Waals surface area contributed by atoms with Crippen LogP contribution in [0.4, 0.5) is 0 Å². The minimum Gasteiger partial charge on any atom is -0.387 e. The molecule has 2 rings (SSSR count). The molecule has 0 spiro atoms. The van der Waals surface area contributed by atoms with Gasteiger partial charge in [-0.25, -0.2) is 0 Å². The maximum Gasteiger partial charge on any atom is 0.0962 e. The van der Waals surface area contributed by atoms with Crippen LogP contribution in [0.3, 0.4) is 0 Å². The van der Waals surface area contributed by atoms with Crippen molar-refractivity contribution in [3.8, 4) is 0 Å². The van der Waals surface area contributed by atoms with Gasteiger partial charge in [0.05, 0.1) is 11.8 Å². The van der Waals surface area contributed by atoms with Crippen LogP contribution in [-0.4, -0.2) is 10.1 Å². The van der Waals surface area contributed by atoms with Crippen molar-refractivity contribution in [2.45, 2.75) is 31.8 Å². The number of aliphatic hydroxyl groups is 1. The highest BCUT2D eigenvalue weighted by molar-refractivity contribution is 9.10. The summed E-state index contributed by atoms with van der Waals surface area (Å²) in [5.41, 5.74) is 0.792. The molecule has 1 N–H and O–H groups in total. The van der Waals surface area contributed by atoms with Crippen molar-refractivity contribution in [1.82, 2.24) is 4.98 Å². The quantitative estimate of drug-likeness (QED) is 0.901. The monoisotopic (exact) mass is 255 g/mol. The fourth-order valence-electron chi connectivity index (χ4n) is 1.75. The maximum absolute atomic E-state index is 9.87. The highest BCUT2D eigenvalue weighted by Gasteiger charge is 2.22. The molecule has 2 nitrogen and oxygen atoms in total. The lowest BCUT2D eigenvalue weighted by atomic mass is 9.81. The van der Waals surface area contributed by atoms with Crippen LogP contribution in [0.2, 0.25) is 0 Å². The molecule has 0 saturated heterocycles. The normalized spacial score (nSPS) is 19.0. The summed E-state index contributed by atoms with van der Waals surface area (Å²) in [4.78, 5) is 4.19. The lowest BCUT2D eigenvalue weighted by Crippen LogP contribution is -2.15. The third-order valence-corrected chi connectivity index (χ3v) is 3.34. The largest absolute Gasteiger partial charge is 0.387 e. The molecule has 0 bridgehead atoms. The Kier molecular flexibility index (Phi) is 3.19. The molecule has 1 aromatic heterocycles. The Labute approximate surface area is 92.5 Å². The predicted octanol–water partition coefficient (Wildman–Crippen LogP) is 3.07. The van der Waals surface area contributed by atoms with Gasteiger partial charge in [-0.05, 0) is 40.4 Å². The van der Waals surface area contributed by atoms with Crippen LogP contribution >= 0.6 is 15.9 Å². The van der Waals surface area contributed by atoms with E-state index in [4.69, 9.17) is 0 Å². The van der Waals surface area contributed by atoms with Gasteiger partial charge in [0.2, 0.25) is 0 Å². The van der Waals surface area contributed by atoms with Crippen LogP contribution in [-0.2, 0) is 0 Å². The molecule has 1 aliphatic rings. The summed E-state index contributed by atoms with van der Waals surface area (Å²) >= 11 is 3.33. The Morgan fingerprint density at radius 3 is 2.79 bits per heavy atom. The van der Waals surface area contributed by atoms with Gasteiger partial charge in [0, 0.05) is 10.7 Å². The third kappa shape index (κ3) is 2.34. The zero-order valence-corrected chi connectivity index (χ0v) is 9.57. The molecule has 1 saturated carbocycles. The van der Waals surface area contributed by atoms with Gasteiger partial charge < -0.3 is 5.11 Å². The fraction of sp³-hybridized carbons (Fsp3) is 0.545. The Balaban J connectivity index is 1.95. The number of rotatable bonds is 3. The van der Waals surface area contributed by atoms with Crippen molar-refractivity contribution in [2.75, 3.05) is 0 Å². The molecule has 3 heteroatoms. The van der Waals surface area contributed by atoms with Gasteiger partial charge in [0.15, 0.2) is 0 Å². The van der Waals surface area contributed by atoms with Crippen LogP contribution in [0.1, 0.15) is 37.5 Å². The number of aliphatic hydroxyl groups excluding tert-OH is 1. The van der Waals surface area contributed by atoms with Crippen LogP contribution < -0.4 is 0 Å². The van der Waals surface area contributed by atoms with Crippen LogP contribution in [0, 0.1) is 5.92 Å². The second-order valence-electron chi connectivity index (χ2n) is 3.95. The van der Waals surface area contributed by atoms with E-state index in [2.05, 4.69) is 20.9 Å². The lowest BCUT2D eigenvalue weighted by molar-refractivity contribution is 0.115. The predicted molar refractivity (Wildman–Crippen MR) is 58.9 cm³/mol. The molecular weight excluding hydrogens is 242 g/mol. The highest BCUT2D eigenvalue weighted by Crippen LogP contribution is 2.34. The van der Waals surface area contributed by atoms with Crippen LogP contribution in [0.15, 0.2) is 22.8 Å². The standard InChI is InChI=1S/C11H14BrNO/c12-9-4-5-10(13-7-9)11(14)6-8-2-1-3-8/h4-5,7-8,11,14H,1-3,6H2. The van der Waals surface area contributed by atoms with E-state index in [-0.39, 0.29) is 6.10 Å². The van der Waals surface area contributed by atoms with Gasteiger partial charge in [-0.15, -0.1) is 0 Å². The average Bonchev–Trinajstić information content (AvgIpc) is 2.12. The number of aromatic nitrogens is 1. The van der Waals surface area contributed by atoms with E-state index in [1.54, 1.807) is 6.20 Å². The molecule has 76 valence electrons. The smallest absolute Gasteiger partial charge is 0.0962 e. The molecule has 1 aliphatic carbocycles. The van der Waals surface area contributed by atoms with E-state index < -0.39 is 0 Å². The Bertz CT molecular complexity index is 295. The summed E-state index contributed by atoms with van der Waals surface area (Å²) in [7, 11) is 0. The van der Waals surface area contributed by atoms with Gasteiger partial charge in [0.1, 0.15) is 0 Å². The molecule has 1 aromatic rings. The van der Waals surface area contributed by atoms with Crippen molar-refractivity contribution in [2.24, 2.45) is 5.92 Å². The Morgan fingerprint density at radius 1 is 1.50 bits per heavy atom. The summed E-state index contributed by atoms with van der Waals surface area (Å²) < 4.78 is 0.956. The highest BCUT2D eigenvalue weighted by atomic mass is 79.9. The van der Waals surface area contributed by atoms with E-state index in [9.17, 15) is 5.11 Å². The number of pyridine rings is 1. The van der Waals surface area contributed by atoms with Gasteiger partial charge in [0.25, 0.3) is 0 Å². The van der Waals surface area contributed by atoms with Gasteiger partial charge in [-0.1, -0.05) is 19.3 Å². The van der Waals surface area contributed by atoms with Gasteiger partial charge >= 0.3 is 0 Å². The molecular formula is C11H14BrNO. The zero-order chi connectivity index (χ0) is 9.97. The van der Waals surface area contributed by atoms with Crippen LogP contribution in [0.25, 0.3) is 0 Å². The molecule has 0 amide bonds. The first-order chi connectivity index (χ1) is 6.75. The molecule has 0 aliphatic heterocycles. The number of hydrogen-bond acceptors (Lipinski definition) is 2. The topological polar surface area (TPSA) is 33.1 Å². The first-order valence-corrected chi connectivity index (χ1v) is 5.84. The van der Waals surface area contributed by atoms with E-state index in [1.807, 2.05) is 12.1 Å². The van der Waals surface area contributed by atoms with E-state index >= 15 is 0 Å². The fourth-order valence-corrected chi connectivity index (χ4v) is 1.98. The average molecular weight is 256 g/mol. The third-order valence-electron chi connectivity index (χ3n) is 2.87. The maximum atomic E-state index is 9.87. The molecule has 0 radical (unpaired) electrons. The minimum absolute atomic E-state index is 0.381. The molecule has 1 fully saturated rings.